The van der Waals surface area contributed by atoms with Crippen LogP contribution < -0.4 is 5.32 Å². The highest BCUT2D eigenvalue weighted by atomic mass is 32.2. The van der Waals surface area contributed by atoms with Crippen LogP contribution in [-0.2, 0) is 17.6 Å². The first-order chi connectivity index (χ1) is 12.0. The number of rotatable bonds is 4. The number of hydrogen-bond donors (Lipinski definition) is 1. The van der Waals surface area contributed by atoms with E-state index in [2.05, 4.69) is 12.2 Å². The van der Waals surface area contributed by atoms with Gasteiger partial charge in [0.1, 0.15) is 5.00 Å². The molecule has 0 radical (unpaired) electrons. The van der Waals surface area contributed by atoms with E-state index in [1.54, 1.807) is 23.9 Å². The maximum Gasteiger partial charge on any atom is 0.341 e. The van der Waals surface area contributed by atoms with E-state index in [0.717, 1.165) is 29.7 Å². The largest absolute Gasteiger partial charge is 0.465 e. The number of hydrogen-bond acceptors (Lipinski definition) is 5. The van der Waals surface area contributed by atoms with Crippen molar-refractivity contribution in [2.45, 2.75) is 31.1 Å². The van der Waals surface area contributed by atoms with E-state index in [0.29, 0.717) is 22.0 Å². The van der Waals surface area contributed by atoms with Crippen LogP contribution >= 0.6 is 23.1 Å². The first-order valence-electron chi connectivity index (χ1n) is 8.21. The molecule has 6 heteroatoms. The third-order valence-corrected chi connectivity index (χ3v) is 6.39. The van der Waals surface area contributed by atoms with Crippen LogP contribution in [0.3, 0.4) is 0 Å². The fraction of sp³-hybridized carbons (Fsp3) is 0.368. The van der Waals surface area contributed by atoms with Gasteiger partial charge in [0.2, 0.25) is 0 Å². The molecule has 1 aliphatic carbocycles. The van der Waals surface area contributed by atoms with Gasteiger partial charge in [0.05, 0.1) is 12.7 Å². The highest BCUT2D eigenvalue weighted by molar-refractivity contribution is 7.98. The number of ether oxygens (including phenoxy) is 1. The van der Waals surface area contributed by atoms with Gasteiger partial charge in [-0.1, -0.05) is 6.92 Å². The van der Waals surface area contributed by atoms with Crippen LogP contribution in [0.2, 0.25) is 0 Å². The molecule has 0 saturated carbocycles. The normalized spacial score (nSPS) is 16.2. The van der Waals surface area contributed by atoms with Crippen LogP contribution in [0.4, 0.5) is 5.00 Å². The summed E-state index contributed by atoms with van der Waals surface area (Å²) in [6, 6.07) is 7.44. The van der Waals surface area contributed by atoms with Crippen LogP contribution in [0.5, 0.6) is 0 Å². The third kappa shape index (κ3) is 3.75. The molecule has 2 aromatic rings. The van der Waals surface area contributed by atoms with Crippen LogP contribution in [0.25, 0.3) is 0 Å². The summed E-state index contributed by atoms with van der Waals surface area (Å²) in [6.07, 6.45) is 4.85. The second kappa shape index (κ2) is 7.62. The number of amides is 1. The van der Waals surface area contributed by atoms with Crippen molar-refractivity contribution in [1.29, 1.82) is 0 Å². The minimum absolute atomic E-state index is 0.204. The standard InChI is InChI=1S/C19H21NO3S2/c1-11-4-9-14-15(10-11)25-18(16(14)19(22)23-2)20-17(21)12-5-7-13(24-3)8-6-12/h5-8,11H,4,9-10H2,1-3H3,(H,20,21)/t11-/m0/s1. The Balaban J connectivity index is 1.90. The van der Waals surface area contributed by atoms with Crippen molar-refractivity contribution in [1.82, 2.24) is 0 Å². The first-order valence-corrected chi connectivity index (χ1v) is 10.3. The Morgan fingerprint density at radius 1 is 1.28 bits per heavy atom. The lowest BCUT2D eigenvalue weighted by Crippen LogP contribution is -2.16. The number of benzene rings is 1. The van der Waals surface area contributed by atoms with Crippen molar-refractivity contribution in [2.75, 3.05) is 18.7 Å². The van der Waals surface area contributed by atoms with E-state index in [4.69, 9.17) is 4.74 Å². The van der Waals surface area contributed by atoms with E-state index in [1.807, 2.05) is 18.4 Å². The highest BCUT2D eigenvalue weighted by Crippen LogP contribution is 2.40. The second-order valence-electron chi connectivity index (χ2n) is 6.23. The summed E-state index contributed by atoms with van der Waals surface area (Å²) in [7, 11) is 1.38. The molecule has 1 aromatic carbocycles. The molecule has 1 heterocycles. The Labute approximate surface area is 156 Å². The van der Waals surface area contributed by atoms with Gasteiger partial charge < -0.3 is 10.1 Å². The third-order valence-electron chi connectivity index (χ3n) is 4.48. The Bertz CT molecular complexity index is 796. The molecule has 1 amide bonds. The molecular weight excluding hydrogens is 354 g/mol. The maximum atomic E-state index is 12.6. The number of thiophene rings is 1. The number of methoxy groups -OCH3 is 1. The fourth-order valence-corrected chi connectivity index (χ4v) is 4.88. The topological polar surface area (TPSA) is 55.4 Å². The van der Waals surface area contributed by atoms with Gasteiger partial charge in [-0.05, 0) is 61.3 Å². The zero-order valence-electron chi connectivity index (χ0n) is 14.5. The molecule has 132 valence electrons. The number of carbonyl (C=O) groups excluding carboxylic acids is 2. The lowest BCUT2D eigenvalue weighted by atomic mass is 9.88. The lowest BCUT2D eigenvalue weighted by molar-refractivity contribution is 0.0601. The Hall–Kier alpha value is -1.79. The monoisotopic (exact) mass is 375 g/mol. The average molecular weight is 376 g/mol. The van der Waals surface area contributed by atoms with Crippen LogP contribution in [-0.4, -0.2) is 25.2 Å². The van der Waals surface area contributed by atoms with E-state index in [-0.39, 0.29) is 11.9 Å². The van der Waals surface area contributed by atoms with E-state index >= 15 is 0 Å². The summed E-state index contributed by atoms with van der Waals surface area (Å²) in [4.78, 5) is 27.2. The fourth-order valence-electron chi connectivity index (χ4n) is 3.07. The highest BCUT2D eigenvalue weighted by Gasteiger charge is 2.29. The van der Waals surface area contributed by atoms with E-state index in [9.17, 15) is 9.59 Å². The number of anilines is 1. The molecule has 1 N–H and O–H groups in total. The van der Waals surface area contributed by atoms with Crippen molar-refractivity contribution in [3.05, 3.63) is 45.8 Å². The van der Waals surface area contributed by atoms with Crippen molar-refractivity contribution < 1.29 is 14.3 Å². The SMILES string of the molecule is COC(=O)c1c(NC(=O)c2ccc(SC)cc2)sc2c1CC[C@H](C)C2. The Morgan fingerprint density at radius 2 is 2.00 bits per heavy atom. The van der Waals surface area contributed by atoms with Crippen LogP contribution in [0.1, 0.15) is 44.5 Å². The van der Waals surface area contributed by atoms with Crippen LogP contribution in [0.15, 0.2) is 29.2 Å². The molecule has 0 unspecified atom stereocenters. The molecule has 0 bridgehead atoms. The summed E-state index contributed by atoms with van der Waals surface area (Å²) in [5, 5.41) is 3.53. The molecular formula is C19H21NO3S2. The molecule has 0 aliphatic heterocycles. The number of carbonyl (C=O) groups is 2. The predicted molar refractivity (Wildman–Crippen MR) is 103 cm³/mol. The predicted octanol–water partition coefficient (Wildman–Crippen LogP) is 4.63. The Kier molecular flexibility index (Phi) is 5.49. The van der Waals surface area contributed by atoms with Crippen LogP contribution in [0, 0.1) is 5.92 Å². The molecule has 1 aromatic heterocycles. The molecule has 3 rings (SSSR count). The molecule has 25 heavy (non-hydrogen) atoms. The average Bonchev–Trinajstić information content (AvgIpc) is 2.97. The van der Waals surface area contributed by atoms with Gasteiger partial charge in [0.25, 0.3) is 5.91 Å². The molecule has 1 aliphatic rings. The zero-order chi connectivity index (χ0) is 18.0. The van der Waals surface area contributed by atoms with Gasteiger partial charge in [0, 0.05) is 15.3 Å². The molecule has 1 atom stereocenters. The second-order valence-corrected chi connectivity index (χ2v) is 8.21. The quantitative estimate of drug-likeness (QED) is 0.625. The molecule has 4 nitrogen and oxygen atoms in total. The lowest BCUT2D eigenvalue weighted by Gasteiger charge is -2.18. The number of fused-ring (bicyclic) bond motifs is 1. The van der Waals surface area contributed by atoms with Gasteiger partial charge in [-0.15, -0.1) is 23.1 Å². The van der Waals surface area contributed by atoms with Gasteiger partial charge in [-0.25, -0.2) is 4.79 Å². The smallest absolute Gasteiger partial charge is 0.341 e. The van der Waals surface area contributed by atoms with Gasteiger partial charge in [-0.2, -0.15) is 0 Å². The zero-order valence-corrected chi connectivity index (χ0v) is 16.2. The van der Waals surface area contributed by atoms with Crippen molar-refractivity contribution in [2.24, 2.45) is 5.92 Å². The number of esters is 1. The summed E-state index contributed by atoms with van der Waals surface area (Å²) in [5.74, 6) is 0.0174. The summed E-state index contributed by atoms with van der Waals surface area (Å²) >= 11 is 3.13. The van der Waals surface area contributed by atoms with Crippen molar-refractivity contribution in [3.63, 3.8) is 0 Å². The number of thioether (sulfide) groups is 1. The summed E-state index contributed by atoms with van der Waals surface area (Å²) in [5.41, 5.74) is 2.15. The minimum Gasteiger partial charge on any atom is -0.465 e. The molecule has 0 saturated heterocycles. The maximum absolute atomic E-state index is 12.6. The van der Waals surface area contributed by atoms with Crippen molar-refractivity contribution >= 4 is 40.0 Å². The van der Waals surface area contributed by atoms with Crippen molar-refractivity contribution in [3.8, 4) is 0 Å². The van der Waals surface area contributed by atoms with Gasteiger partial charge >= 0.3 is 5.97 Å². The Morgan fingerprint density at radius 3 is 2.64 bits per heavy atom. The summed E-state index contributed by atoms with van der Waals surface area (Å²) in [6.45, 7) is 2.21. The molecule has 0 fully saturated rings. The minimum atomic E-state index is -0.375. The van der Waals surface area contributed by atoms with Gasteiger partial charge in [-0.3, -0.25) is 4.79 Å². The van der Waals surface area contributed by atoms with Gasteiger partial charge in [0.15, 0.2) is 0 Å². The van der Waals surface area contributed by atoms with E-state index < -0.39 is 0 Å². The number of nitrogens with one attached hydrogen (secondary N) is 1. The molecule has 0 spiro atoms. The van der Waals surface area contributed by atoms with E-state index in [1.165, 1.54) is 23.3 Å². The summed E-state index contributed by atoms with van der Waals surface area (Å²) < 4.78 is 4.96. The first kappa shape index (κ1) is 18.0.